The van der Waals surface area contributed by atoms with Gasteiger partial charge in [0.15, 0.2) is 0 Å². The van der Waals surface area contributed by atoms with Crippen LogP contribution in [0.5, 0.6) is 0 Å². The molecule has 1 aromatic carbocycles. The van der Waals surface area contributed by atoms with E-state index in [0.717, 1.165) is 25.6 Å². The monoisotopic (exact) mass is 288 g/mol. The first-order valence-corrected chi connectivity index (χ1v) is 8.66. The third-order valence-corrected chi connectivity index (χ3v) is 4.85. The SMILES string of the molecule is CCN(Cc1ccc(CC(C)C)cc1)C1CCCC1CN. The molecule has 2 heteroatoms. The highest BCUT2D eigenvalue weighted by molar-refractivity contribution is 5.23. The van der Waals surface area contributed by atoms with E-state index in [1.807, 2.05) is 0 Å². The van der Waals surface area contributed by atoms with Crippen LogP contribution in [-0.4, -0.2) is 24.0 Å². The summed E-state index contributed by atoms with van der Waals surface area (Å²) >= 11 is 0. The summed E-state index contributed by atoms with van der Waals surface area (Å²) < 4.78 is 0. The summed E-state index contributed by atoms with van der Waals surface area (Å²) in [7, 11) is 0. The smallest absolute Gasteiger partial charge is 0.0236 e. The number of nitrogens with two attached hydrogens (primary N) is 1. The summed E-state index contributed by atoms with van der Waals surface area (Å²) in [6.07, 6.45) is 5.15. The van der Waals surface area contributed by atoms with E-state index >= 15 is 0 Å². The second-order valence-corrected chi connectivity index (χ2v) is 6.97. The number of benzene rings is 1. The first kappa shape index (κ1) is 16.5. The average Bonchev–Trinajstić information content (AvgIpc) is 2.94. The summed E-state index contributed by atoms with van der Waals surface area (Å²) in [6.45, 7) is 9.86. The lowest BCUT2D eigenvalue weighted by Crippen LogP contribution is -2.39. The summed E-state index contributed by atoms with van der Waals surface area (Å²) in [5.74, 6) is 1.43. The van der Waals surface area contributed by atoms with Gasteiger partial charge in [-0.15, -0.1) is 0 Å². The van der Waals surface area contributed by atoms with Gasteiger partial charge in [0.05, 0.1) is 0 Å². The van der Waals surface area contributed by atoms with Crippen LogP contribution in [0.25, 0.3) is 0 Å². The minimum Gasteiger partial charge on any atom is -0.330 e. The molecule has 0 spiro atoms. The van der Waals surface area contributed by atoms with E-state index in [1.165, 1.54) is 36.8 Å². The van der Waals surface area contributed by atoms with Crippen molar-refractivity contribution < 1.29 is 0 Å². The van der Waals surface area contributed by atoms with E-state index < -0.39 is 0 Å². The highest BCUT2D eigenvalue weighted by atomic mass is 15.2. The zero-order valence-electron chi connectivity index (χ0n) is 14.0. The zero-order chi connectivity index (χ0) is 15.2. The number of nitrogens with zero attached hydrogens (tertiary/aromatic N) is 1. The molecule has 1 aliphatic rings. The van der Waals surface area contributed by atoms with Crippen molar-refractivity contribution in [1.82, 2.24) is 4.90 Å². The molecule has 21 heavy (non-hydrogen) atoms. The summed E-state index contributed by atoms with van der Waals surface area (Å²) in [5.41, 5.74) is 8.84. The molecular weight excluding hydrogens is 256 g/mol. The summed E-state index contributed by atoms with van der Waals surface area (Å²) in [5, 5.41) is 0. The fraction of sp³-hybridized carbons (Fsp3) is 0.684. The van der Waals surface area contributed by atoms with Crippen molar-refractivity contribution in [2.24, 2.45) is 17.6 Å². The van der Waals surface area contributed by atoms with Gasteiger partial charge in [0.25, 0.3) is 0 Å². The molecule has 0 amide bonds. The molecule has 2 nitrogen and oxygen atoms in total. The van der Waals surface area contributed by atoms with E-state index in [1.54, 1.807) is 0 Å². The van der Waals surface area contributed by atoms with Gasteiger partial charge in [-0.25, -0.2) is 0 Å². The van der Waals surface area contributed by atoms with Gasteiger partial charge in [0, 0.05) is 12.6 Å². The Morgan fingerprint density at radius 3 is 2.38 bits per heavy atom. The Morgan fingerprint density at radius 1 is 1.14 bits per heavy atom. The number of hydrogen-bond acceptors (Lipinski definition) is 2. The van der Waals surface area contributed by atoms with Crippen LogP contribution in [0.4, 0.5) is 0 Å². The van der Waals surface area contributed by atoms with Crippen molar-refractivity contribution in [3.8, 4) is 0 Å². The van der Waals surface area contributed by atoms with Gasteiger partial charge in [-0.2, -0.15) is 0 Å². The molecule has 2 unspecified atom stereocenters. The molecule has 0 aliphatic heterocycles. The maximum Gasteiger partial charge on any atom is 0.0236 e. The van der Waals surface area contributed by atoms with Gasteiger partial charge in [-0.05, 0) is 55.3 Å². The molecule has 0 saturated heterocycles. The second-order valence-electron chi connectivity index (χ2n) is 6.97. The minimum atomic E-state index is 0.690. The Balaban J connectivity index is 1.98. The highest BCUT2D eigenvalue weighted by Gasteiger charge is 2.30. The lowest BCUT2D eigenvalue weighted by atomic mass is 10.00. The Kier molecular flexibility index (Phi) is 6.25. The minimum absolute atomic E-state index is 0.690. The Morgan fingerprint density at radius 2 is 1.81 bits per heavy atom. The molecule has 1 aromatic rings. The molecule has 2 N–H and O–H groups in total. The van der Waals surface area contributed by atoms with Gasteiger partial charge in [0.2, 0.25) is 0 Å². The Hall–Kier alpha value is -0.860. The maximum atomic E-state index is 5.95. The van der Waals surface area contributed by atoms with Crippen LogP contribution < -0.4 is 5.73 Å². The first-order chi connectivity index (χ1) is 10.1. The zero-order valence-corrected chi connectivity index (χ0v) is 14.0. The lowest BCUT2D eigenvalue weighted by Gasteiger charge is -2.31. The van der Waals surface area contributed by atoms with Crippen LogP contribution in [0.1, 0.15) is 51.2 Å². The van der Waals surface area contributed by atoms with Crippen LogP contribution in [0.15, 0.2) is 24.3 Å². The molecule has 2 rings (SSSR count). The molecule has 0 aromatic heterocycles. The topological polar surface area (TPSA) is 29.3 Å². The van der Waals surface area contributed by atoms with Crippen LogP contribution in [0.2, 0.25) is 0 Å². The normalized spacial score (nSPS) is 22.4. The molecular formula is C19H32N2. The van der Waals surface area contributed by atoms with Crippen LogP contribution >= 0.6 is 0 Å². The molecule has 1 aliphatic carbocycles. The fourth-order valence-corrected chi connectivity index (χ4v) is 3.72. The summed E-state index contributed by atoms with van der Waals surface area (Å²) in [6, 6.07) is 9.92. The highest BCUT2D eigenvalue weighted by Crippen LogP contribution is 2.30. The predicted octanol–water partition coefficient (Wildman–Crippen LogP) is 3.83. The van der Waals surface area contributed by atoms with Crippen molar-refractivity contribution in [2.75, 3.05) is 13.1 Å². The number of rotatable bonds is 7. The standard InChI is InChI=1S/C19H32N2/c1-4-21(19-7-5-6-18(19)13-20)14-17-10-8-16(9-11-17)12-15(2)3/h8-11,15,18-19H,4-7,12-14,20H2,1-3H3. The van der Waals surface area contributed by atoms with Crippen molar-refractivity contribution >= 4 is 0 Å². The average molecular weight is 288 g/mol. The van der Waals surface area contributed by atoms with Gasteiger partial charge in [-0.3, -0.25) is 4.90 Å². The lowest BCUT2D eigenvalue weighted by molar-refractivity contribution is 0.162. The molecule has 1 fully saturated rings. The third kappa shape index (κ3) is 4.55. The van der Waals surface area contributed by atoms with Gasteiger partial charge in [-0.1, -0.05) is 51.5 Å². The van der Waals surface area contributed by atoms with E-state index in [-0.39, 0.29) is 0 Å². The number of hydrogen-bond donors (Lipinski definition) is 1. The van der Waals surface area contributed by atoms with E-state index in [4.69, 9.17) is 5.73 Å². The molecule has 0 radical (unpaired) electrons. The fourth-order valence-electron chi connectivity index (χ4n) is 3.72. The predicted molar refractivity (Wildman–Crippen MR) is 91.3 cm³/mol. The summed E-state index contributed by atoms with van der Waals surface area (Å²) in [4.78, 5) is 2.63. The van der Waals surface area contributed by atoms with Gasteiger partial charge in [0.1, 0.15) is 0 Å². The van der Waals surface area contributed by atoms with E-state index in [2.05, 4.69) is 49.9 Å². The van der Waals surface area contributed by atoms with Crippen LogP contribution in [0.3, 0.4) is 0 Å². The maximum absolute atomic E-state index is 5.95. The molecule has 2 atom stereocenters. The van der Waals surface area contributed by atoms with Crippen molar-refractivity contribution in [1.29, 1.82) is 0 Å². The van der Waals surface area contributed by atoms with Gasteiger partial charge < -0.3 is 5.73 Å². The van der Waals surface area contributed by atoms with E-state index in [0.29, 0.717) is 12.0 Å². The van der Waals surface area contributed by atoms with Crippen molar-refractivity contribution in [3.05, 3.63) is 35.4 Å². The third-order valence-electron chi connectivity index (χ3n) is 4.85. The Labute approximate surface area is 130 Å². The van der Waals surface area contributed by atoms with Gasteiger partial charge >= 0.3 is 0 Å². The largest absolute Gasteiger partial charge is 0.330 e. The van der Waals surface area contributed by atoms with E-state index in [9.17, 15) is 0 Å². The van der Waals surface area contributed by atoms with Crippen molar-refractivity contribution in [2.45, 2.75) is 59.0 Å². The van der Waals surface area contributed by atoms with Crippen molar-refractivity contribution in [3.63, 3.8) is 0 Å². The molecule has 0 heterocycles. The van der Waals surface area contributed by atoms with Crippen LogP contribution in [-0.2, 0) is 13.0 Å². The molecule has 1 saturated carbocycles. The Bertz CT molecular complexity index is 410. The van der Waals surface area contributed by atoms with Crippen LogP contribution in [0, 0.1) is 11.8 Å². The molecule has 0 bridgehead atoms. The quantitative estimate of drug-likeness (QED) is 0.826. The first-order valence-electron chi connectivity index (χ1n) is 8.66. The second kappa shape index (κ2) is 7.95. The molecule has 118 valence electrons.